The first kappa shape index (κ1) is 28.3. The molecular weight excluding hydrogens is 502 g/mol. The molecule has 3 aromatic rings. The van der Waals surface area contributed by atoms with Gasteiger partial charge in [0.05, 0.1) is 16.7 Å². The van der Waals surface area contributed by atoms with Crippen LogP contribution in [0.1, 0.15) is 38.5 Å². The SMILES string of the molecule is CN(C)CCNc1c2ccc(NC(=O)CCN3CCCC3)cc2nc2ccc(NC(=O)CCN3CCCC3)cc12. The molecular formula is C31H43N7O2. The minimum atomic E-state index is 0.0292. The molecule has 2 aliphatic heterocycles. The van der Waals surface area contributed by atoms with Gasteiger partial charge in [0.15, 0.2) is 0 Å². The van der Waals surface area contributed by atoms with Crippen molar-refractivity contribution in [3.8, 4) is 0 Å². The number of rotatable bonds is 12. The lowest BCUT2D eigenvalue weighted by molar-refractivity contribution is -0.117. The average molecular weight is 546 g/mol. The summed E-state index contributed by atoms with van der Waals surface area (Å²) in [6.45, 7) is 7.62. The van der Waals surface area contributed by atoms with Gasteiger partial charge in [0.2, 0.25) is 11.8 Å². The van der Waals surface area contributed by atoms with Gasteiger partial charge in [-0.2, -0.15) is 0 Å². The maximum Gasteiger partial charge on any atom is 0.225 e. The Hall–Kier alpha value is -3.27. The van der Waals surface area contributed by atoms with Crippen molar-refractivity contribution in [3.63, 3.8) is 0 Å². The molecule has 0 atom stereocenters. The highest BCUT2D eigenvalue weighted by molar-refractivity contribution is 6.10. The molecule has 2 fully saturated rings. The summed E-state index contributed by atoms with van der Waals surface area (Å²) < 4.78 is 0. The van der Waals surface area contributed by atoms with Crippen molar-refractivity contribution < 1.29 is 9.59 Å². The van der Waals surface area contributed by atoms with E-state index < -0.39 is 0 Å². The quantitative estimate of drug-likeness (QED) is 0.294. The second-order valence-corrected chi connectivity index (χ2v) is 11.4. The summed E-state index contributed by atoms with van der Waals surface area (Å²) in [5, 5.41) is 11.7. The van der Waals surface area contributed by atoms with Gasteiger partial charge in [-0.25, -0.2) is 4.98 Å². The van der Waals surface area contributed by atoms with Gasteiger partial charge in [-0.3, -0.25) is 9.59 Å². The summed E-state index contributed by atoms with van der Waals surface area (Å²) in [4.78, 5) is 37.1. The molecule has 0 unspecified atom stereocenters. The van der Waals surface area contributed by atoms with E-state index in [1.165, 1.54) is 25.7 Å². The molecule has 9 nitrogen and oxygen atoms in total. The highest BCUT2D eigenvalue weighted by Crippen LogP contribution is 2.34. The van der Waals surface area contributed by atoms with E-state index in [9.17, 15) is 9.59 Å². The third-order valence-corrected chi connectivity index (χ3v) is 7.91. The van der Waals surface area contributed by atoms with Gasteiger partial charge in [-0.1, -0.05) is 0 Å². The van der Waals surface area contributed by atoms with Crippen LogP contribution in [0.4, 0.5) is 17.1 Å². The van der Waals surface area contributed by atoms with Gasteiger partial charge in [0, 0.05) is 61.2 Å². The molecule has 5 rings (SSSR count). The fourth-order valence-corrected chi connectivity index (χ4v) is 5.67. The fourth-order valence-electron chi connectivity index (χ4n) is 5.67. The largest absolute Gasteiger partial charge is 0.383 e. The predicted molar refractivity (Wildman–Crippen MR) is 164 cm³/mol. The fraction of sp³-hybridized carbons (Fsp3) is 0.516. The van der Waals surface area contributed by atoms with Crippen LogP contribution in [-0.4, -0.2) is 98.0 Å². The molecule has 0 saturated carbocycles. The van der Waals surface area contributed by atoms with E-state index in [0.29, 0.717) is 12.8 Å². The number of anilines is 3. The zero-order valence-corrected chi connectivity index (χ0v) is 24.0. The van der Waals surface area contributed by atoms with Crippen molar-refractivity contribution >= 4 is 50.7 Å². The van der Waals surface area contributed by atoms with Crippen molar-refractivity contribution in [1.82, 2.24) is 19.7 Å². The summed E-state index contributed by atoms with van der Waals surface area (Å²) in [7, 11) is 4.11. The third kappa shape index (κ3) is 7.47. The lowest BCUT2D eigenvalue weighted by Gasteiger charge is -2.17. The molecule has 9 heteroatoms. The number of carbonyl (C=O) groups is 2. The van der Waals surface area contributed by atoms with Crippen LogP contribution in [0.15, 0.2) is 36.4 Å². The highest BCUT2D eigenvalue weighted by Gasteiger charge is 2.16. The number of amides is 2. The topological polar surface area (TPSA) is 92.8 Å². The maximum absolute atomic E-state index is 12.7. The Morgan fingerprint density at radius 3 is 1.95 bits per heavy atom. The Bertz CT molecular complexity index is 1330. The smallest absolute Gasteiger partial charge is 0.225 e. The Morgan fingerprint density at radius 2 is 1.35 bits per heavy atom. The lowest BCUT2D eigenvalue weighted by atomic mass is 10.1. The van der Waals surface area contributed by atoms with Crippen molar-refractivity contribution in [2.24, 2.45) is 0 Å². The molecule has 0 bridgehead atoms. The van der Waals surface area contributed by atoms with E-state index in [1.807, 2.05) is 36.4 Å². The summed E-state index contributed by atoms with van der Waals surface area (Å²) in [5.74, 6) is 0.0636. The van der Waals surface area contributed by atoms with E-state index in [2.05, 4.69) is 44.7 Å². The van der Waals surface area contributed by atoms with Gasteiger partial charge in [-0.15, -0.1) is 0 Å². The van der Waals surface area contributed by atoms with Crippen LogP contribution in [0, 0.1) is 0 Å². The Labute approximate surface area is 237 Å². The maximum atomic E-state index is 12.7. The number of likely N-dealkylation sites (tertiary alicyclic amines) is 2. The van der Waals surface area contributed by atoms with Crippen molar-refractivity contribution in [1.29, 1.82) is 0 Å². The second kappa shape index (κ2) is 13.4. The van der Waals surface area contributed by atoms with E-state index in [4.69, 9.17) is 4.98 Å². The molecule has 2 aromatic carbocycles. The van der Waals surface area contributed by atoms with Crippen LogP contribution in [0.2, 0.25) is 0 Å². The number of nitrogens with one attached hydrogen (secondary N) is 3. The molecule has 0 radical (unpaired) electrons. The first-order valence-corrected chi connectivity index (χ1v) is 14.8. The van der Waals surface area contributed by atoms with E-state index in [-0.39, 0.29) is 11.8 Å². The number of carbonyl (C=O) groups excluding carboxylic acids is 2. The van der Waals surface area contributed by atoms with Crippen LogP contribution in [0.25, 0.3) is 21.8 Å². The van der Waals surface area contributed by atoms with Crippen molar-refractivity contribution in [3.05, 3.63) is 36.4 Å². The van der Waals surface area contributed by atoms with Crippen molar-refractivity contribution in [2.75, 3.05) is 82.4 Å². The average Bonchev–Trinajstić information content (AvgIpc) is 3.65. The third-order valence-electron chi connectivity index (χ3n) is 7.91. The Balaban J connectivity index is 1.35. The highest BCUT2D eigenvalue weighted by atomic mass is 16.2. The summed E-state index contributed by atoms with van der Waals surface area (Å²) in [6, 6.07) is 11.8. The zero-order valence-electron chi connectivity index (χ0n) is 24.0. The van der Waals surface area contributed by atoms with Gasteiger partial charge >= 0.3 is 0 Å². The number of benzene rings is 2. The molecule has 40 heavy (non-hydrogen) atoms. The Morgan fingerprint density at radius 1 is 0.775 bits per heavy atom. The van der Waals surface area contributed by atoms with E-state index in [1.54, 1.807) is 0 Å². The number of fused-ring (bicyclic) bond motifs is 2. The molecule has 3 heterocycles. The van der Waals surface area contributed by atoms with Gasteiger partial charge in [0.1, 0.15) is 0 Å². The monoisotopic (exact) mass is 545 g/mol. The van der Waals surface area contributed by atoms with Gasteiger partial charge in [0.25, 0.3) is 0 Å². The lowest BCUT2D eigenvalue weighted by Crippen LogP contribution is -2.25. The van der Waals surface area contributed by atoms with Crippen LogP contribution >= 0.6 is 0 Å². The number of aromatic nitrogens is 1. The summed E-state index contributed by atoms with van der Waals surface area (Å²) in [5.41, 5.74) is 4.18. The van der Waals surface area contributed by atoms with Gasteiger partial charge < -0.3 is 30.7 Å². The number of likely N-dealkylation sites (N-methyl/N-ethyl adjacent to an activating group) is 1. The minimum absolute atomic E-state index is 0.0292. The van der Waals surface area contributed by atoms with Crippen molar-refractivity contribution in [2.45, 2.75) is 38.5 Å². The molecule has 2 saturated heterocycles. The molecule has 214 valence electrons. The number of pyridine rings is 1. The van der Waals surface area contributed by atoms with E-state index >= 15 is 0 Å². The molecule has 2 aliphatic rings. The van der Waals surface area contributed by atoms with Crippen LogP contribution in [-0.2, 0) is 9.59 Å². The second-order valence-electron chi connectivity index (χ2n) is 11.4. The molecule has 3 N–H and O–H groups in total. The standard InChI is InChI=1S/C31H43N7O2/c1-36(2)20-13-32-31-25-9-7-24(34-30(40)12-19-38-16-5-6-17-38)22-28(25)35-27-10-8-23(21-26(27)31)33-29(39)11-18-37-14-3-4-15-37/h7-10,21-22H,3-6,11-20H2,1-2H3,(H,32,35)(H,33,39)(H,34,40). The zero-order chi connectivity index (χ0) is 27.9. The Kier molecular flexibility index (Phi) is 9.46. The first-order chi connectivity index (χ1) is 19.4. The van der Waals surface area contributed by atoms with E-state index in [0.717, 1.165) is 91.2 Å². The summed E-state index contributed by atoms with van der Waals surface area (Å²) >= 11 is 0. The predicted octanol–water partition coefficient (Wildman–Crippen LogP) is 4.21. The van der Waals surface area contributed by atoms with Crippen LogP contribution in [0.3, 0.4) is 0 Å². The molecule has 1 aromatic heterocycles. The molecule has 0 aliphatic carbocycles. The molecule has 0 spiro atoms. The number of hydrogen-bond donors (Lipinski definition) is 3. The number of nitrogens with zero attached hydrogens (tertiary/aromatic N) is 4. The van der Waals surface area contributed by atoms with Gasteiger partial charge in [-0.05, 0) is 102 Å². The molecule has 2 amide bonds. The first-order valence-electron chi connectivity index (χ1n) is 14.8. The van der Waals surface area contributed by atoms with Crippen LogP contribution < -0.4 is 16.0 Å². The summed E-state index contributed by atoms with van der Waals surface area (Å²) in [6.07, 6.45) is 5.89. The normalized spacial score (nSPS) is 16.3. The van der Waals surface area contributed by atoms with Crippen LogP contribution in [0.5, 0.6) is 0 Å². The number of hydrogen-bond acceptors (Lipinski definition) is 7. The minimum Gasteiger partial charge on any atom is -0.383 e.